The Bertz CT molecular complexity index is 1080. The van der Waals surface area contributed by atoms with Crippen LogP contribution in [0.3, 0.4) is 0 Å². The third kappa shape index (κ3) is 3.56. The Morgan fingerprint density at radius 3 is 2.56 bits per heavy atom. The first-order chi connectivity index (χ1) is 13.1. The van der Waals surface area contributed by atoms with E-state index in [0.717, 1.165) is 16.6 Å². The van der Waals surface area contributed by atoms with Gasteiger partial charge in [0, 0.05) is 15.6 Å². The van der Waals surface area contributed by atoms with Gasteiger partial charge in [-0.15, -0.1) is 0 Å². The fourth-order valence-corrected chi connectivity index (χ4v) is 3.45. The van der Waals surface area contributed by atoms with Crippen LogP contribution in [0.1, 0.15) is 21.9 Å². The van der Waals surface area contributed by atoms with E-state index in [-0.39, 0.29) is 18.2 Å². The van der Waals surface area contributed by atoms with E-state index < -0.39 is 0 Å². The molecule has 0 aliphatic rings. The third-order valence-corrected chi connectivity index (χ3v) is 4.97. The maximum absolute atomic E-state index is 12.2. The summed E-state index contributed by atoms with van der Waals surface area (Å²) >= 11 is 12.7. The van der Waals surface area contributed by atoms with Gasteiger partial charge in [-0.1, -0.05) is 41.4 Å². The highest BCUT2D eigenvalue weighted by Crippen LogP contribution is 2.27. The molecular weight excluding hydrogens is 385 g/mol. The highest BCUT2D eigenvalue weighted by molar-refractivity contribution is 6.36. The molecule has 7 heteroatoms. The minimum atomic E-state index is -0.297. The van der Waals surface area contributed by atoms with E-state index in [9.17, 15) is 4.79 Å². The number of fused-ring (bicyclic) bond motifs is 1. The quantitative estimate of drug-likeness (QED) is 0.518. The smallest absolute Gasteiger partial charge is 0.287 e. The van der Waals surface area contributed by atoms with Gasteiger partial charge in [0.15, 0.2) is 5.76 Å². The zero-order valence-electron chi connectivity index (χ0n) is 14.2. The summed E-state index contributed by atoms with van der Waals surface area (Å²) in [5.41, 5.74) is 2.58. The summed E-state index contributed by atoms with van der Waals surface area (Å²) in [5, 5.41) is 4.01. The van der Waals surface area contributed by atoms with Crippen LogP contribution in [0, 0.1) is 0 Å². The fourth-order valence-electron chi connectivity index (χ4n) is 2.93. The van der Waals surface area contributed by atoms with Crippen LogP contribution in [0.5, 0.6) is 0 Å². The zero-order valence-corrected chi connectivity index (χ0v) is 15.7. The maximum Gasteiger partial charge on any atom is 0.287 e. The van der Waals surface area contributed by atoms with Gasteiger partial charge in [-0.25, -0.2) is 4.98 Å². The van der Waals surface area contributed by atoms with Crippen LogP contribution >= 0.6 is 23.2 Å². The number of aromatic nitrogens is 2. The van der Waals surface area contributed by atoms with Crippen LogP contribution < -0.4 is 5.32 Å². The van der Waals surface area contributed by atoms with Gasteiger partial charge in [-0.2, -0.15) is 0 Å². The van der Waals surface area contributed by atoms with Gasteiger partial charge in [0.2, 0.25) is 0 Å². The zero-order chi connectivity index (χ0) is 18.8. The summed E-state index contributed by atoms with van der Waals surface area (Å²) in [6.07, 6.45) is 1.46. The summed E-state index contributed by atoms with van der Waals surface area (Å²) < 4.78 is 7.13. The van der Waals surface area contributed by atoms with Crippen LogP contribution in [-0.2, 0) is 13.1 Å². The molecule has 2 heterocycles. The molecule has 0 unspecified atom stereocenters. The number of rotatable bonds is 5. The molecule has 0 saturated carbocycles. The normalized spacial score (nSPS) is 11.0. The lowest BCUT2D eigenvalue weighted by Crippen LogP contribution is -2.24. The van der Waals surface area contributed by atoms with Crippen LogP contribution in [0.4, 0.5) is 0 Å². The molecule has 2 aromatic carbocycles. The van der Waals surface area contributed by atoms with Gasteiger partial charge in [0.05, 0.1) is 30.4 Å². The average molecular weight is 400 g/mol. The number of imidazole rings is 1. The molecule has 0 aliphatic heterocycles. The molecule has 0 fully saturated rings. The Kier molecular flexibility index (Phi) is 4.88. The minimum Gasteiger partial charge on any atom is -0.459 e. The van der Waals surface area contributed by atoms with E-state index in [4.69, 9.17) is 27.6 Å². The maximum atomic E-state index is 12.2. The first-order valence-corrected chi connectivity index (χ1v) is 9.08. The third-order valence-electron chi connectivity index (χ3n) is 4.26. The lowest BCUT2D eigenvalue weighted by atomic mass is 10.2. The molecule has 0 aliphatic carbocycles. The second-order valence-corrected chi connectivity index (χ2v) is 6.78. The number of hydrogen-bond donors (Lipinski definition) is 1. The minimum absolute atomic E-state index is 0.246. The van der Waals surface area contributed by atoms with Crippen molar-refractivity contribution in [1.82, 2.24) is 14.9 Å². The first-order valence-electron chi connectivity index (χ1n) is 8.32. The van der Waals surface area contributed by atoms with Gasteiger partial charge in [0.1, 0.15) is 5.82 Å². The molecule has 0 bridgehead atoms. The van der Waals surface area contributed by atoms with Crippen molar-refractivity contribution in [3.63, 3.8) is 0 Å². The van der Waals surface area contributed by atoms with Gasteiger partial charge >= 0.3 is 0 Å². The molecule has 5 nitrogen and oxygen atoms in total. The lowest BCUT2D eigenvalue weighted by Gasteiger charge is -2.12. The molecule has 0 saturated heterocycles. The molecular formula is C20H15Cl2N3O2. The molecule has 0 spiro atoms. The number of para-hydroxylation sites is 2. The standard InChI is InChI=1S/C20H15Cl2N3O2/c21-14-5-3-6-15(22)13(14)12-25-17-8-2-1-7-16(17)24-19(25)11-23-20(26)18-9-4-10-27-18/h1-10H,11-12H2,(H,23,26). The predicted molar refractivity (Wildman–Crippen MR) is 105 cm³/mol. The van der Waals surface area contributed by atoms with E-state index in [1.54, 1.807) is 24.3 Å². The van der Waals surface area contributed by atoms with Gasteiger partial charge in [-0.05, 0) is 36.4 Å². The van der Waals surface area contributed by atoms with Crippen molar-refractivity contribution >= 4 is 40.1 Å². The van der Waals surface area contributed by atoms with E-state index in [1.807, 2.05) is 34.9 Å². The van der Waals surface area contributed by atoms with Crippen LogP contribution in [0.2, 0.25) is 10.0 Å². The SMILES string of the molecule is O=C(NCc1nc2ccccc2n1Cc1c(Cl)cccc1Cl)c1ccco1. The van der Waals surface area contributed by atoms with Crippen LogP contribution in [0.15, 0.2) is 65.3 Å². The summed E-state index contributed by atoms with van der Waals surface area (Å²) in [6.45, 7) is 0.696. The van der Waals surface area contributed by atoms with E-state index in [2.05, 4.69) is 10.3 Å². The van der Waals surface area contributed by atoms with Crippen molar-refractivity contribution < 1.29 is 9.21 Å². The van der Waals surface area contributed by atoms with Crippen molar-refractivity contribution in [3.8, 4) is 0 Å². The topological polar surface area (TPSA) is 60.1 Å². The summed E-state index contributed by atoms with van der Waals surface area (Å²) in [4.78, 5) is 16.8. The van der Waals surface area contributed by atoms with Crippen molar-refractivity contribution in [2.45, 2.75) is 13.1 Å². The molecule has 1 N–H and O–H groups in total. The number of carbonyl (C=O) groups excluding carboxylic acids is 1. The van der Waals surface area contributed by atoms with Crippen molar-refractivity contribution in [1.29, 1.82) is 0 Å². The molecule has 0 atom stereocenters. The van der Waals surface area contributed by atoms with Crippen LogP contribution in [-0.4, -0.2) is 15.5 Å². The van der Waals surface area contributed by atoms with E-state index in [1.165, 1.54) is 6.26 Å². The number of amides is 1. The number of furan rings is 1. The fraction of sp³-hybridized carbons (Fsp3) is 0.100. The molecule has 136 valence electrons. The summed E-state index contributed by atoms with van der Waals surface area (Å²) in [7, 11) is 0. The molecule has 1 amide bonds. The number of halogens is 2. The first kappa shape index (κ1) is 17.6. The Morgan fingerprint density at radius 2 is 1.81 bits per heavy atom. The van der Waals surface area contributed by atoms with Crippen LogP contribution in [0.25, 0.3) is 11.0 Å². The van der Waals surface area contributed by atoms with Gasteiger partial charge < -0.3 is 14.3 Å². The van der Waals surface area contributed by atoms with Gasteiger partial charge in [0.25, 0.3) is 5.91 Å². The van der Waals surface area contributed by atoms with Crippen molar-refractivity contribution in [2.24, 2.45) is 0 Å². The van der Waals surface area contributed by atoms with Crippen molar-refractivity contribution in [3.05, 3.63) is 88.1 Å². The summed E-state index contributed by atoms with van der Waals surface area (Å²) in [5.74, 6) is 0.660. The Balaban J connectivity index is 1.68. The number of nitrogens with zero attached hydrogens (tertiary/aromatic N) is 2. The van der Waals surface area contributed by atoms with Crippen molar-refractivity contribution in [2.75, 3.05) is 0 Å². The molecule has 4 rings (SSSR count). The second kappa shape index (κ2) is 7.47. The number of nitrogens with one attached hydrogen (secondary N) is 1. The van der Waals surface area contributed by atoms with E-state index in [0.29, 0.717) is 22.4 Å². The number of carbonyl (C=O) groups is 1. The average Bonchev–Trinajstić information content (AvgIpc) is 3.31. The molecule has 4 aromatic rings. The number of hydrogen-bond acceptors (Lipinski definition) is 3. The lowest BCUT2D eigenvalue weighted by molar-refractivity contribution is 0.0922. The Morgan fingerprint density at radius 1 is 1.04 bits per heavy atom. The number of benzene rings is 2. The summed E-state index contributed by atoms with van der Waals surface area (Å²) in [6, 6.07) is 16.5. The van der Waals surface area contributed by atoms with Gasteiger partial charge in [-0.3, -0.25) is 4.79 Å². The Labute approximate surface area is 165 Å². The van der Waals surface area contributed by atoms with E-state index >= 15 is 0 Å². The monoisotopic (exact) mass is 399 g/mol. The predicted octanol–water partition coefficient (Wildman–Crippen LogP) is 4.91. The highest BCUT2D eigenvalue weighted by atomic mass is 35.5. The second-order valence-electron chi connectivity index (χ2n) is 5.96. The Hall–Kier alpha value is -2.76. The highest BCUT2D eigenvalue weighted by Gasteiger charge is 2.16. The molecule has 27 heavy (non-hydrogen) atoms. The molecule has 0 radical (unpaired) electrons. The molecule has 2 aromatic heterocycles. The largest absolute Gasteiger partial charge is 0.459 e.